The highest BCUT2D eigenvalue weighted by Gasteiger charge is 2.19. The molecule has 0 unspecified atom stereocenters. The predicted molar refractivity (Wildman–Crippen MR) is 94.9 cm³/mol. The minimum absolute atomic E-state index is 0. The van der Waals surface area contributed by atoms with E-state index >= 15 is 0 Å². The van der Waals surface area contributed by atoms with E-state index in [0.29, 0.717) is 6.61 Å². The number of hydrogen-bond acceptors (Lipinski definition) is 2. The number of aryl methyl sites for hydroxylation is 1. The van der Waals surface area contributed by atoms with Crippen molar-refractivity contribution < 1.29 is 5.11 Å². The van der Waals surface area contributed by atoms with Gasteiger partial charge >= 0.3 is 0 Å². The van der Waals surface area contributed by atoms with Gasteiger partial charge in [-0.1, -0.05) is 18.2 Å². The van der Waals surface area contributed by atoms with Gasteiger partial charge in [0, 0.05) is 29.7 Å². The van der Waals surface area contributed by atoms with Crippen LogP contribution in [0.2, 0.25) is 0 Å². The van der Waals surface area contributed by atoms with E-state index in [-0.39, 0.29) is 12.4 Å². The van der Waals surface area contributed by atoms with Crippen LogP contribution in [0.3, 0.4) is 0 Å². The Morgan fingerprint density at radius 1 is 1.23 bits per heavy atom. The third-order valence-electron chi connectivity index (χ3n) is 4.95. The molecule has 1 aliphatic rings. The lowest BCUT2D eigenvalue weighted by Crippen LogP contribution is -2.35. The first kappa shape index (κ1) is 17.3. The Balaban J connectivity index is 0.00000176. The minimum atomic E-state index is 0. The topological polar surface area (TPSA) is 39.3 Å². The minimum Gasteiger partial charge on any atom is -0.396 e. The number of rotatable bonds is 5. The van der Waals surface area contributed by atoms with Gasteiger partial charge < -0.3 is 15.0 Å². The largest absolute Gasteiger partial charge is 0.396 e. The Kier molecular flexibility index (Phi) is 6.30. The average Bonchev–Trinajstić information content (AvgIpc) is 2.82. The van der Waals surface area contributed by atoms with Gasteiger partial charge in [-0.05, 0) is 63.2 Å². The van der Waals surface area contributed by atoms with Crippen molar-refractivity contribution in [3.05, 3.63) is 35.5 Å². The third-order valence-corrected chi connectivity index (χ3v) is 4.95. The molecule has 0 radical (unpaired) electrons. The van der Waals surface area contributed by atoms with Crippen molar-refractivity contribution in [1.82, 2.24) is 9.88 Å². The van der Waals surface area contributed by atoms with Crippen molar-refractivity contribution in [3.8, 4) is 0 Å². The number of aromatic nitrogens is 1. The summed E-state index contributed by atoms with van der Waals surface area (Å²) < 4.78 is 0. The van der Waals surface area contributed by atoms with E-state index in [2.05, 4.69) is 41.1 Å². The van der Waals surface area contributed by atoms with Crippen LogP contribution in [-0.2, 0) is 6.42 Å². The summed E-state index contributed by atoms with van der Waals surface area (Å²) in [5, 5.41) is 10.4. The Hall–Kier alpha value is -1.03. The van der Waals surface area contributed by atoms with Crippen molar-refractivity contribution in [3.63, 3.8) is 0 Å². The second-order valence-electron chi connectivity index (χ2n) is 6.32. The number of aliphatic hydroxyl groups is 1. The van der Waals surface area contributed by atoms with Crippen molar-refractivity contribution in [2.75, 3.05) is 26.2 Å². The summed E-state index contributed by atoms with van der Waals surface area (Å²) in [5.41, 5.74) is 4.04. The lowest BCUT2D eigenvalue weighted by Gasteiger charge is -2.31. The summed E-state index contributed by atoms with van der Waals surface area (Å²) in [6.45, 7) is 6.05. The Morgan fingerprint density at radius 2 is 1.95 bits per heavy atom. The number of fused-ring (bicyclic) bond motifs is 1. The average molecular weight is 323 g/mol. The van der Waals surface area contributed by atoms with E-state index < -0.39 is 0 Å². The number of hydrogen-bond donors (Lipinski definition) is 2. The maximum atomic E-state index is 9.03. The number of aliphatic hydroxyl groups excluding tert-OH is 1. The molecule has 0 saturated carbocycles. The monoisotopic (exact) mass is 322 g/mol. The molecule has 2 heterocycles. The zero-order valence-electron chi connectivity index (χ0n) is 13.3. The van der Waals surface area contributed by atoms with Gasteiger partial charge in [0.2, 0.25) is 0 Å². The molecule has 0 amide bonds. The summed E-state index contributed by atoms with van der Waals surface area (Å²) in [7, 11) is 0. The number of nitrogens with zero attached hydrogens (tertiary/aromatic N) is 1. The molecular weight excluding hydrogens is 296 g/mol. The van der Waals surface area contributed by atoms with Crippen molar-refractivity contribution in [2.24, 2.45) is 5.92 Å². The summed E-state index contributed by atoms with van der Waals surface area (Å²) in [6, 6.07) is 8.60. The molecule has 0 bridgehead atoms. The molecule has 3 rings (SSSR count). The molecule has 0 aliphatic carbocycles. The van der Waals surface area contributed by atoms with E-state index in [1.54, 1.807) is 0 Å². The summed E-state index contributed by atoms with van der Waals surface area (Å²) >= 11 is 0. The molecule has 1 saturated heterocycles. The zero-order valence-corrected chi connectivity index (χ0v) is 14.2. The van der Waals surface area contributed by atoms with E-state index in [4.69, 9.17) is 5.11 Å². The smallest absolute Gasteiger partial charge is 0.0458 e. The Labute approximate surface area is 139 Å². The molecule has 0 spiro atoms. The predicted octanol–water partition coefficient (Wildman–Crippen LogP) is 3.54. The lowest BCUT2D eigenvalue weighted by atomic mass is 9.93. The Morgan fingerprint density at radius 3 is 2.68 bits per heavy atom. The van der Waals surface area contributed by atoms with Crippen LogP contribution < -0.4 is 0 Å². The molecular formula is C18H27ClN2O. The van der Waals surface area contributed by atoms with Crippen LogP contribution in [0.15, 0.2) is 24.3 Å². The third kappa shape index (κ3) is 3.83. The van der Waals surface area contributed by atoms with Gasteiger partial charge in [-0.15, -0.1) is 12.4 Å². The number of H-pyrrole nitrogens is 1. The fourth-order valence-electron chi connectivity index (χ4n) is 3.61. The van der Waals surface area contributed by atoms with Gasteiger partial charge in [0.05, 0.1) is 0 Å². The van der Waals surface area contributed by atoms with Gasteiger partial charge in [0.1, 0.15) is 0 Å². The summed E-state index contributed by atoms with van der Waals surface area (Å²) in [4.78, 5) is 6.07. The highest BCUT2D eigenvalue weighted by Crippen LogP contribution is 2.24. The van der Waals surface area contributed by atoms with Crippen LogP contribution in [0.4, 0.5) is 0 Å². The molecule has 1 aromatic carbocycles. The van der Waals surface area contributed by atoms with E-state index in [9.17, 15) is 0 Å². The number of benzene rings is 1. The molecule has 1 aromatic heterocycles. The maximum Gasteiger partial charge on any atom is 0.0458 e. The first-order valence-corrected chi connectivity index (χ1v) is 8.17. The normalized spacial score (nSPS) is 16.8. The number of piperidine rings is 1. The van der Waals surface area contributed by atoms with Crippen molar-refractivity contribution in [1.29, 1.82) is 0 Å². The quantitative estimate of drug-likeness (QED) is 0.884. The molecule has 4 heteroatoms. The van der Waals surface area contributed by atoms with Crippen molar-refractivity contribution >= 4 is 23.3 Å². The molecule has 1 fully saturated rings. The van der Waals surface area contributed by atoms with Gasteiger partial charge in [-0.25, -0.2) is 0 Å². The van der Waals surface area contributed by atoms with Crippen LogP contribution in [0.25, 0.3) is 10.9 Å². The van der Waals surface area contributed by atoms with Crippen LogP contribution in [0.5, 0.6) is 0 Å². The van der Waals surface area contributed by atoms with E-state index in [0.717, 1.165) is 25.3 Å². The molecule has 22 heavy (non-hydrogen) atoms. The lowest BCUT2D eigenvalue weighted by molar-refractivity contribution is 0.160. The van der Waals surface area contributed by atoms with Crippen LogP contribution >= 0.6 is 12.4 Å². The molecule has 122 valence electrons. The molecule has 0 atom stereocenters. The van der Waals surface area contributed by atoms with Gasteiger partial charge in [-0.2, -0.15) is 0 Å². The number of halogens is 1. The van der Waals surface area contributed by atoms with E-state index in [1.807, 2.05) is 0 Å². The number of nitrogens with one attached hydrogen (secondary N) is 1. The molecule has 2 aromatic rings. The molecule has 3 nitrogen and oxygen atoms in total. The standard InChI is InChI=1S/C18H26N2O.ClH/c1-14-16(17-4-2-3-5-18(17)19-14)8-12-20-10-6-15(7-11-20)9-13-21;/h2-5,15,19,21H,6-13H2,1H3;1H. The maximum absolute atomic E-state index is 9.03. The van der Waals surface area contributed by atoms with Gasteiger partial charge in [0.15, 0.2) is 0 Å². The summed E-state index contributed by atoms with van der Waals surface area (Å²) in [5.74, 6) is 0.737. The SMILES string of the molecule is Cc1[nH]c2ccccc2c1CCN1CCC(CCO)CC1.Cl. The van der Waals surface area contributed by atoms with Gasteiger partial charge in [0.25, 0.3) is 0 Å². The number of aromatic amines is 1. The second-order valence-corrected chi connectivity index (χ2v) is 6.32. The number of para-hydroxylation sites is 1. The van der Waals surface area contributed by atoms with Crippen LogP contribution in [-0.4, -0.2) is 41.2 Å². The zero-order chi connectivity index (χ0) is 14.7. The number of likely N-dealkylation sites (tertiary alicyclic amines) is 1. The second kappa shape index (κ2) is 8.00. The van der Waals surface area contributed by atoms with Crippen LogP contribution in [0.1, 0.15) is 30.5 Å². The van der Waals surface area contributed by atoms with E-state index in [1.165, 1.54) is 48.1 Å². The molecule has 1 aliphatic heterocycles. The first-order valence-electron chi connectivity index (χ1n) is 8.17. The van der Waals surface area contributed by atoms with Crippen LogP contribution in [0, 0.1) is 12.8 Å². The Bertz CT molecular complexity index is 588. The fraction of sp³-hybridized carbons (Fsp3) is 0.556. The highest BCUT2D eigenvalue weighted by molar-refractivity contribution is 5.85. The van der Waals surface area contributed by atoms with Gasteiger partial charge in [-0.3, -0.25) is 0 Å². The fourth-order valence-corrected chi connectivity index (χ4v) is 3.61. The highest BCUT2D eigenvalue weighted by atomic mass is 35.5. The molecule has 2 N–H and O–H groups in total. The van der Waals surface area contributed by atoms with Crippen molar-refractivity contribution in [2.45, 2.75) is 32.6 Å². The first-order chi connectivity index (χ1) is 10.3. The summed E-state index contributed by atoms with van der Waals surface area (Å²) in [6.07, 6.45) is 4.59.